The third-order valence-corrected chi connectivity index (χ3v) is 6.98. The Kier molecular flexibility index (Phi) is 10.7. The van der Waals surface area contributed by atoms with Crippen LogP contribution in [-0.4, -0.2) is 11.9 Å². The second-order valence-electron chi connectivity index (χ2n) is 10.1. The lowest BCUT2D eigenvalue weighted by atomic mass is 10.0. The first kappa shape index (κ1) is 28.8. The molecule has 0 heterocycles. The van der Waals surface area contributed by atoms with Crippen molar-refractivity contribution in [2.24, 2.45) is 0 Å². The summed E-state index contributed by atoms with van der Waals surface area (Å²) in [4.78, 5) is 25.3. The summed E-state index contributed by atoms with van der Waals surface area (Å²) in [6.07, 6.45) is 9.25. The number of carbonyl (C=O) groups is 2. The second kappa shape index (κ2) is 14.8. The van der Waals surface area contributed by atoms with Gasteiger partial charge >= 0.3 is 11.9 Å². The highest BCUT2D eigenvalue weighted by Gasteiger charge is 2.11. The molecule has 0 atom stereocenters. The maximum atomic E-state index is 12.6. The van der Waals surface area contributed by atoms with Gasteiger partial charge < -0.3 is 9.47 Å². The van der Waals surface area contributed by atoms with Crippen molar-refractivity contribution in [3.8, 4) is 22.6 Å². The van der Waals surface area contributed by atoms with E-state index in [1.807, 2.05) is 72.8 Å². The zero-order valence-electron chi connectivity index (χ0n) is 23.5. The van der Waals surface area contributed by atoms with Gasteiger partial charge in [-0.25, -0.2) is 9.59 Å². The highest BCUT2D eigenvalue weighted by Crippen LogP contribution is 2.23. The van der Waals surface area contributed by atoms with Crippen LogP contribution in [0.25, 0.3) is 11.1 Å². The molecule has 0 amide bonds. The summed E-state index contributed by atoms with van der Waals surface area (Å²) in [5.74, 6) is 0.298. The molecular formula is C36H38O4. The van der Waals surface area contributed by atoms with Crippen molar-refractivity contribution in [1.29, 1.82) is 0 Å². The Labute approximate surface area is 238 Å². The van der Waals surface area contributed by atoms with E-state index in [1.54, 1.807) is 24.3 Å². The van der Waals surface area contributed by atoms with E-state index in [-0.39, 0.29) is 0 Å². The Morgan fingerprint density at radius 1 is 0.475 bits per heavy atom. The van der Waals surface area contributed by atoms with Crippen LogP contribution in [0.1, 0.15) is 84.2 Å². The summed E-state index contributed by atoms with van der Waals surface area (Å²) in [5, 5.41) is 0. The second-order valence-corrected chi connectivity index (χ2v) is 10.1. The van der Waals surface area contributed by atoms with E-state index in [0.29, 0.717) is 22.6 Å². The van der Waals surface area contributed by atoms with Crippen LogP contribution < -0.4 is 9.47 Å². The first-order valence-corrected chi connectivity index (χ1v) is 14.4. The Bertz CT molecular complexity index is 1240. The van der Waals surface area contributed by atoms with Gasteiger partial charge in [0.1, 0.15) is 11.5 Å². The minimum Gasteiger partial charge on any atom is -0.423 e. The molecule has 4 aromatic rings. The summed E-state index contributed by atoms with van der Waals surface area (Å²) >= 11 is 0. The van der Waals surface area contributed by atoms with Gasteiger partial charge in [-0.3, -0.25) is 0 Å². The van der Waals surface area contributed by atoms with Gasteiger partial charge in [-0.05, 0) is 96.5 Å². The highest BCUT2D eigenvalue weighted by molar-refractivity contribution is 5.93. The molecule has 0 aliphatic carbocycles. The number of unbranched alkanes of at least 4 members (excludes halogenated alkanes) is 4. The van der Waals surface area contributed by atoms with Gasteiger partial charge in [0.05, 0.1) is 11.1 Å². The van der Waals surface area contributed by atoms with Crippen LogP contribution in [0.4, 0.5) is 0 Å². The van der Waals surface area contributed by atoms with E-state index < -0.39 is 11.9 Å². The van der Waals surface area contributed by atoms with Crippen LogP contribution >= 0.6 is 0 Å². The molecule has 0 aromatic heterocycles. The van der Waals surface area contributed by atoms with Gasteiger partial charge in [-0.15, -0.1) is 0 Å². The quantitative estimate of drug-likeness (QED) is 0.0974. The summed E-state index contributed by atoms with van der Waals surface area (Å²) in [5.41, 5.74) is 5.34. The van der Waals surface area contributed by atoms with Crippen LogP contribution in [-0.2, 0) is 12.8 Å². The first-order valence-electron chi connectivity index (χ1n) is 14.4. The van der Waals surface area contributed by atoms with Crippen molar-refractivity contribution in [1.82, 2.24) is 0 Å². The van der Waals surface area contributed by atoms with E-state index >= 15 is 0 Å². The van der Waals surface area contributed by atoms with Gasteiger partial charge in [0.15, 0.2) is 0 Å². The fraction of sp³-hybridized carbons (Fsp3) is 0.278. The average Bonchev–Trinajstić information content (AvgIpc) is 2.99. The maximum absolute atomic E-state index is 12.6. The van der Waals surface area contributed by atoms with Gasteiger partial charge in [0.2, 0.25) is 0 Å². The van der Waals surface area contributed by atoms with E-state index in [4.69, 9.17) is 9.47 Å². The molecule has 0 unspecified atom stereocenters. The van der Waals surface area contributed by atoms with Crippen molar-refractivity contribution in [3.05, 3.63) is 119 Å². The number of carbonyl (C=O) groups excluding carboxylic acids is 2. The molecule has 0 radical (unpaired) electrons. The average molecular weight is 535 g/mol. The molecule has 0 N–H and O–H groups in total. The van der Waals surface area contributed by atoms with Crippen molar-refractivity contribution >= 4 is 11.9 Å². The topological polar surface area (TPSA) is 52.6 Å². The molecule has 0 saturated heterocycles. The third kappa shape index (κ3) is 8.41. The summed E-state index contributed by atoms with van der Waals surface area (Å²) < 4.78 is 11.1. The van der Waals surface area contributed by atoms with Crippen molar-refractivity contribution in [2.75, 3.05) is 0 Å². The van der Waals surface area contributed by atoms with E-state index in [0.717, 1.165) is 24.0 Å². The number of benzene rings is 4. The van der Waals surface area contributed by atoms with Crippen LogP contribution in [0, 0.1) is 0 Å². The maximum Gasteiger partial charge on any atom is 0.343 e. The molecule has 206 valence electrons. The minimum absolute atomic E-state index is 0.391. The number of rotatable bonds is 13. The lowest BCUT2D eigenvalue weighted by Crippen LogP contribution is -2.08. The highest BCUT2D eigenvalue weighted by atomic mass is 16.5. The third-order valence-electron chi connectivity index (χ3n) is 6.98. The Balaban J connectivity index is 1.30. The zero-order valence-corrected chi connectivity index (χ0v) is 23.5. The van der Waals surface area contributed by atoms with Crippen LogP contribution in [0.2, 0.25) is 0 Å². The Hall–Kier alpha value is -4.18. The molecule has 0 saturated carbocycles. The number of ether oxygens (including phenoxy) is 2. The van der Waals surface area contributed by atoms with Crippen molar-refractivity contribution in [3.63, 3.8) is 0 Å². The van der Waals surface area contributed by atoms with Gasteiger partial charge in [0, 0.05) is 0 Å². The fourth-order valence-electron chi connectivity index (χ4n) is 4.54. The fourth-order valence-corrected chi connectivity index (χ4v) is 4.54. The molecule has 4 heteroatoms. The minimum atomic E-state index is -0.391. The molecule has 4 aromatic carbocycles. The van der Waals surface area contributed by atoms with Crippen molar-refractivity contribution < 1.29 is 19.1 Å². The van der Waals surface area contributed by atoms with Crippen LogP contribution in [0.3, 0.4) is 0 Å². The summed E-state index contributed by atoms with van der Waals surface area (Å²) in [7, 11) is 0. The molecule has 0 aliphatic heterocycles. The van der Waals surface area contributed by atoms with E-state index in [2.05, 4.69) is 13.8 Å². The van der Waals surface area contributed by atoms with Gasteiger partial charge in [0.25, 0.3) is 0 Å². The Morgan fingerprint density at radius 2 is 0.825 bits per heavy atom. The number of aryl methyl sites for hydroxylation is 2. The molecule has 0 bridgehead atoms. The van der Waals surface area contributed by atoms with Gasteiger partial charge in [-0.1, -0.05) is 88.1 Å². The smallest absolute Gasteiger partial charge is 0.343 e. The van der Waals surface area contributed by atoms with Crippen LogP contribution in [0.15, 0.2) is 97.1 Å². The zero-order chi connectivity index (χ0) is 28.2. The lowest BCUT2D eigenvalue weighted by molar-refractivity contribution is 0.0725. The largest absolute Gasteiger partial charge is 0.423 e. The number of hydrogen-bond donors (Lipinski definition) is 0. The summed E-state index contributed by atoms with van der Waals surface area (Å²) in [6.45, 7) is 4.39. The van der Waals surface area contributed by atoms with E-state index in [1.165, 1.54) is 49.7 Å². The first-order chi connectivity index (χ1) is 19.6. The molecule has 4 rings (SSSR count). The molecule has 40 heavy (non-hydrogen) atoms. The van der Waals surface area contributed by atoms with Crippen molar-refractivity contribution in [2.45, 2.75) is 65.2 Å². The predicted octanol–water partition coefficient (Wildman–Crippen LogP) is 9.26. The molecule has 0 aliphatic rings. The van der Waals surface area contributed by atoms with Crippen LogP contribution in [0.5, 0.6) is 11.5 Å². The van der Waals surface area contributed by atoms with Gasteiger partial charge in [-0.2, -0.15) is 0 Å². The normalized spacial score (nSPS) is 10.8. The number of esters is 2. The molecule has 4 nitrogen and oxygen atoms in total. The Morgan fingerprint density at radius 3 is 1.15 bits per heavy atom. The van der Waals surface area contributed by atoms with E-state index in [9.17, 15) is 9.59 Å². The number of hydrogen-bond acceptors (Lipinski definition) is 4. The molecular weight excluding hydrogens is 496 g/mol. The lowest BCUT2D eigenvalue weighted by Gasteiger charge is -2.08. The molecule has 0 fully saturated rings. The SMILES string of the molecule is CCCCCc1ccc(OC(=O)c2ccc(-c3ccc(C(=O)Oc4ccc(CCCCC)cc4)cc3)cc2)cc1. The predicted molar refractivity (Wildman–Crippen MR) is 161 cm³/mol. The standard InChI is InChI=1S/C36H38O4/c1-3-5-7-9-27-11-23-33(24-12-27)39-35(37)31-19-15-29(16-20-31)30-17-21-32(22-18-30)36(38)40-34-25-13-28(14-26-34)10-8-6-4-2/h11-26H,3-10H2,1-2H3. The summed E-state index contributed by atoms with van der Waals surface area (Å²) in [6, 6.07) is 30.0. The molecule has 0 spiro atoms. The monoisotopic (exact) mass is 534 g/mol.